The Balaban J connectivity index is 1.35. The number of hydrogen-bond acceptors (Lipinski definition) is 4. The molecule has 0 aromatic heterocycles. The topological polar surface area (TPSA) is 41.8 Å². The number of esters is 1. The van der Waals surface area contributed by atoms with Crippen LogP contribution in [0.2, 0.25) is 5.04 Å². The van der Waals surface area contributed by atoms with Crippen LogP contribution >= 0.6 is 0 Å². The van der Waals surface area contributed by atoms with Gasteiger partial charge in [0.25, 0.3) is 8.32 Å². The molecule has 6 heteroatoms. The predicted molar refractivity (Wildman–Crippen MR) is 193 cm³/mol. The van der Waals surface area contributed by atoms with Gasteiger partial charge in [-0.05, 0) is 60.6 Å². The van der Waals surface area contributed by atoms with Crippen LogP contribution in [0, 0.1) is 11.8 Å². The fourth-order valence-electron chi connectivity index (χ4n) is 10.5. The first kappa shape index (κ1) is 33.0. The summed E-state index contributed by atoms with van der Waals surface area (Å²) in [5, 5.41) is 2.59. The molecular weight excluding hydrogens is 597 g/mol. The molecular formula is C41H57N2O3Si+. The molecule has 1 spiro atoms. The zero-order valence-electron chi connectivity index (χ0n) is 29.4. The Kier molecular flexibility index (Phi) is 9.40. The van der Waals surface area contributed by atoms with Crippen LogP contribution in [0.4, 0.5) is 0 Å². The smallest absolute Gasteiger partial charge is 0.326 e. The lowest BCUT2D eigenvalue weighted by molar-refractivity contribution is -0.639. The third kappa shape index (κ3) is 5.70. The molecule has 4 heterocycles. The molecule has 2 aromatic carbocycles. The summed E-state index contributed by atoms with van der Waals surface area (Å²) in [6, 6.07) is 22.6. The minimum absolute atomic E-state index is 0.00176. The summed E-state index contributed by atoms with van der Waals surface area (Å²) in [7, 11) is -2.70. The number of allylic oxidation sites excluding steroid dienone is 2. The van der Waals surface area contributed by atoms with Gasteiger partial charge < -0.3 is 9.16 Å². The van der Waals surface area contributed by atoms with Gasteiger partial charge in [-0.1, -0.05) is 108 Å². The fourth-order valence-corrected chi connectivity index (χ4v) is 15.1. The summed E-state index contributed by atoms with van der Waals surface area (Å²) in [5.74, 6) is 1.16. The number of cyclic esters (lactones) is 1. The number of nitrogens with zero attached hydrogens (tertiary/aromatic N) is 2. The van der Waals surface area contributed by atoms with E-state index in [9.17, 15) is 4.79 Å². The Labute approximate surface area is 284 Å². The molecule has 252 valence electrons. The van der Waals surface area contributed by atoms with Crippen molar-refractivity contribution in [1.82, 2.24) is 4.90 Å². The molecule has 3 fully saturated rings. The van der Waals surface area contributed by atoms with Gasteiger partial charge in [0.15, 0.2) is 23.2 Å². The third-order valence-electron chi connectivity index (χ3n) is 12.5. The average molecular weight is 654 g/mol. The number of piperidine rings is 1. The van der Waals surface area contributed by atoms with Crippen LogP contribution in [0.1, 0.15) is 105 Å². The second-order valence-electron chi connectivity index (χ2n) is 16.1. The molecule has 1 aliphatic carbocycles. The van der Waals surface area contributed by atoms with Gasteiger partial charge in [-0.25, -0.2) is 4.58 Å². The minimum atomic E-state index is -2.70. The Morgan fingerprint density at radius 1 is 0.915 bits per heavy atom. The molecule has 2 aromatic rings. The van der Waals surface area contributed by atoms with Crippen molar-refractivity contribution < 1.29 is 18.5 Å². The Morgan fingerprint density at radius 3 is 2.23 bits per heavy atom. The van der Waals surface area contributed by atoms with Crippen molar-refractivity contribution in [1.29, 1.82) is 0 Å². The largest absolute Gasteiger partial charge is 0.430 e. The average Bonchev–Trinajstić information content (AvgIpc) is 3.45. The molecule has 0 amide bonds. The first-order valence-corrected chi connectivity index (χ1v) is 20.8. The van der Waals surface area contributed by atoms with Crippen molar-refractivity contribution in [2.75, 3.05) is 19.7 Å². The van der Waals surface area contributed by atoms with E-state index in [0.717, 1.165) is 44.5 Å². The number of likely N-dealkylation sites (tertiary alicyclic amines) is 1. The molecule has 0 N–H and O–H groups in total. The second kappa shape index (κ2) is 13.4. The van der Waals surface area contributed by atoms with Gasteiger partial charge in [-0.2, -0.15) is 0 Å². The lowest BCUT2D eigenvalue weighted by Crippen LogP contribution is -2.69. The summed E-state index contributed by atoms with van der Waals surface area (Å²) in [6.07, 6.45) is 16.4. The Hall–Kier alpha value is -2.54. The van der Waals surface area contributed by atoms with E-state index in [2.05, 4.69) is 104 Å². The number of carbonyl (C=O) groups excluding carboxylic acids is 1. The quantitative estimate of drug-likeness (QED) is 0.163. The standard InChI is InChI=1S/C41H57N2O3Si/c1-5-6-18-32-29-36-37(39(44)46-32)38(42-27-16-9-17-28-42)35-23-14-15-25-41(35)26-24-31(43(36)41)30-45-47(40(2,3)4,33-19-10-7-11-20-33)34-21-12-8-13-22-34/h7-8,10-13,19-22,29,31,35,37-38H,5-6,9,14-18,23-28,30H2,1-4H3/q+1/t31?,35?,37-,38?,41?/m0/s1. The normalized spacial score (nSPS) is 29.9. The fraction of sp³-hybridized carbons (Fsp3) is 0.610. The highest BCUT2D eigenvalue weighted by atomic mass is 28.4. The summed E-state index contributed by atoms with van der Waals surface area (Å²) >= 11 is 0. The maximum atomic E-state index is 14.3. The van der Waals surface area contributed by atoms with E-state index in [-0.39, 0.29) is 34.5 Å². The molecule has 47 heavy (non-hydrogen) atoms. The molecule has 0 bridgehead atoms. The molecule has 5 atom stereocenters. The van der Waals surface area contributed by atoms with Gasteiger partial charge in [0.05, 0.1) is 6.61 Å². The van der Waals surface area contributed by atoms with E-state index in [1.54, 1.807) is 0 Å². The number of fused-ring (bicyclic) bond motifs is 1. The monoisotopic (exact) mass is 653 g/mol. The summed E-state index contributed by atoms with van der Waals surface area (Å²) in [6.45, 7) is 12.3. The van der Waals surface area contributed by atoms with Crippen molar-refractivity contribution in [3.8, 4) is 0 Å². The Bertz CT molecular complexity index is 1440. The summed E-state index contributed by atoms with van der Waals surface area (Å²) in [5.41, 5.74) is 1.35. The summed E-state index contributed by atoms with van der Waals surface area (Å²) in [4.78, 5) is 17.0. The number of rotatable bonds is 9. The van der Waals surface area contributed by atoms with Gasteiger partial charge in [-0.3, -0.25) is 9.69 Å². The van der Waals surface area contributed by atoms with Crippen molar-refractivity contribution in [3.05, 3.63) is 72.5 Å². The molecule has 1 saturated carbocycles. The van der Waals surface area contributed by atoms with E-state index >= 15 is 0 Å². The van der Waals surface area contributed by atoms with Crippen LogP contribution in [0.15, 0.2) is 72.5 Å². The zero-order valence-corrected chi connectivity index (χ0v) is 30.4. The maximum absolute atomic E-state index is 14.3. The number of benzene rings is 2. The van der Waals surface area contributed by atoms with E-state index in [0.29, 0.717) is 12.5 Å². The van der Waals surface area contributed by atoms with Crippen LogP contribution in [-0.4, -0.2) is 66.8 Å². The van der Waals surface area contributed by atoms with Crippen molar-refractivity contribution in [3.63, 3.8) is 0 Å². The number of carbonyl (C=O) groups is 1. The van der Waals surface area contributed by atoms with E-state index in [1.165, 1.54) is 67.5 Å². The van der Waals surface area contributed by atoms with Crippen molar-refractivity contribution in [2.24, 2.45) is 11.8 Å². The minimum Gasteiger partial charge on any atom is -0.430 e. The molecule has 4 unspecified atom stereocenters. The number of hydrogen-bond donors (Lipinski definition) is 0. The molecule has 2 saturated heterocycles. The van der Waals surface area contributed by atoms with Crippen LogP contribution in [0.25, 0.3) is 0 Å². The van der Waals surface area contributed by atoms with Crippen LogP contribution in [0.5, 0.6) is 0 Å². The number of ether oxygens (including phenoxy) is 1. The lowest BCUT2D eigenvalue weighted by Gasteiger charge is -2.52. The van der Waals surface area contributed by atoms with Gasteiger partial charge in [-0.15, -0.1) is 0 Å². The van der Waals surface area contributed by atoms with Crippen LogP contribution < -0.4 is 10.4 Å². The molecule has 7 rings (SSSR count). The highest BCUT2D eigenvalue weighted by molar-refractivity contribution is 6.99. The van der Waals surface area contributed by atoms with Gasteiger partial charge in [0.1, 0.15) is 5.76 Å². The third-order valence-corrected chi connectivity index (χ3v) is 17.5. The van der Waals surface area contributed by atoms with E-state index in [4.69, 9.17) is 9.16 Å². The van der Waals surface area contributed by atoms with E-state index in [1.807, 2.05) is 0 Å². The van der Waals surface area contributed by atoms with Crippen molar-refractivity contribution in [2.45, 2.75) is 127 Å². The maximum Gasteiger partial charge on any atom is 0.326 e. The van der Waals surface area contributed by atoms with Crippen LogP contribution in [-0.2, 0) is 14.0 Å². The van der Waals surface area contributed by atoms with Gasteiger partial charge in [0.2, 0.25) is 0 Å². The molecule has 5 nitrogen and oxygen atoms in total. The molecule has 4 aliphatic heterocycles. The SMILES string of the molecule is CCCCC1=CC2=[N+]3C(CO[Si](c4ccccc4)(c4ccccc4)C(C)(C)C)CCC34CCCCC4C(N3CCCCC3)[C@H]2C(=O)O1. The predicted octanol–water partition coefficient (Wildman–Crippen LogP) is 7.22. The molecule has 0 radical (unpaired) electrons. The first-order chi connectivity index (χ1) is 22.8. The van der Waals surface area contributed by atoms with Crippen molar-refractivity contribution >= 4 is 30.4 Å². The highest BCUT2D eigenvalue weighted by Crippen LogP contribution is 2.53. The lowest BCUT2D eigenvalue weighted by atomic mass is 9.62. The zero-order chi connectivity index (χ0) is 32.6. The summed E-state index contributed by atoms with van der Waals surface area (Å²) < 4.78 is 16.7. The number of unbranched alkanes of at least 4 members (excludes halogenated alkanes) is 1. The first-order valence-electron chi connectivity index (χ1n) is 18.9. The Morgan fingerprint density at radius 2 is 1.60 bits per heavy atom. The second-order valence-corrected chi connectivity index (χ2v) is 20.4. The van der Waals surface area contributed by atoms with Crippen LogP contribution in [0.3, 0.4) is 0 Å². The van der Waals surface area contributed by atoms with E-state index < -0.39 is 8.32 Å². The van der Waals surface area contributed by atoms with Gasteiger partial charge >= 0.3 is 5.97 Å². The molecule has 5 aliphatic rings. The highest BCUT2D eigenvalue weighted by Gasteiger charge is 2.67. The van der Waals surface area contributed by atoms with Gasteiger partial charge in [0, 0.05) is 43.7 Å².